The van der Waals surface area contributed by atoms with Gasteiger partial charge in [-0.3, -0.25) is 4.79 Å². The molecule has 150 valence electrons. The number of carbonyl (C=O) groups is 1. The second kappa shape index (κ2) is 8.64. The van der Waals surface area contributed by atoms with Gasteiger partial charge in [-0.15, -0.1) is 0 Å². The van der Waals surface area contributed by atoms with Crippen molar-refractivity contribution < 1.29 is 13.2 Å². The van der Waals surface area contributed by atoms with E-state index in [9.17, 15) is 13.2 Å². The van der Waals surface area contributed by atoms with Gasteiger partial charge in [0, 0.05) is 23.2 Å². The lowest BCUT2D eigenvalue weighted by Crippen LogP contribution is -2.44. The number of benzene rings is 2. The Morgan fingerprint density at radius 1 is 1.07 bits per heavy atom. The zero-order valence-corrected chi connectivity index (χ0v) is 17.4. The molecule has 2 unspecified atom stereocenters. The Bertz CT molecular complexity index is 927. The molecule has 1 aliphatic rings. The molecule has 0 saturated heterocycles. The largest absolute Gasteiger partial charge is 0.366 e. The maximum absolute atomic E-state index is 13.5. The minimum Gasteiger partial charge on any atom is -0.366 e. The standard InChI is InChI=1S/C21H25ClN2O3S/c1-15-4-2-3-5-20(15)24(14-16-6-8-17(9-7-16)21(23)25)28(26,27)19-12-10-18(22)11-13-19/h6-13,15,20H,2-5,14H2,1H3,(H2,23,25). The van der Waals surface area contributed by atoms with E-state index in [2.05, 4.69) is 6.92 Å². The molecule has 0 aromatic heterocycles. The van der Waals surface area contributed by atoms with Crippen LogP contribution in [0.4, 0.5) is 0 Å². The zero-order chi connectivity index (χ0) is 20.3. The summed E-state index contributed by atoms with van der Waals surface area (Å²) in [5.74, 6) is -0.223. The number of hydrogen-bond donors (Lipinski definition) is 1. The molecule has 7 heteroatoms. The van der Waals surface area contributed by atoms with Crippen molar-refractivity contribution in [2.45, 2.75) is 50.1 Å². The van der Waals surface area contributed by atoms with Gasteiger partial charge in [-0.05, 0) is 60.7 Å². The summed E-state index contributed by atoms with van der Waals surface area (Å²) in [4.78, 5) is 11.5. The molecule has 2 N–H and O–H groups in total. The lowest BCUT2D eigenvalue weighted by molar-refractivity contribution is 0.1000. The molecule has 2 aromatic carbocycles. The summed E-state index contributed by atoms with van der Waals surface area (Å²) < 4.78 is 28.6. The first-order valence-electron chi connectivity index (χ1n) is 9.45. The molecule has 0 aliphatic heterocycles. The van der Waals surface area contributed by atoms with E-state index >= 15 is 0 Å². The fraction of sp³-hybridized carbons (Fsp3) is 0.381. The van der Waals surface area contributed by atoms with E-state index < -0.39 is 15.9 Å². The number of sulfonamides is 1. The van der Waals surface area contributed by atoms with Gasteiger partial charge in [-0.1, -0.05) is 43.5 Å². The van der Waals surface area contributed by atoms with Crippen molar-refractivity contribution >= 4 is 27.5 Å². The fourth-order valence-corrected chi connectivity index (χ4v) is 5.67. The third-order valence-electron chi connectivity index (χ3n) is 5.43. The van der Waals surface area contributed by atoms with E-state index in [-0.39, 0.29) is 23.4 Å². The average Bonchev–Trinajstić information content (AvgIpc) is 2.67. The van der Waals surface area contributed by atoms with Gasteiger partial charge in [0.1, 0.15) is 0 Å². The van der Waals surface area contributed by atoms with Crippen LogP contribution < -0.4 is 5.73 Å². The second-order valence-corrected chi connectivity index (χ2v) is 9.72. The van der Waals surface area contributed by atoms with E-state index in [1.165, 1.54) is 0 Å². The van der Waals surface area contributed by atoms with Gasteiger partial charge in [-0.2, -0.15) is 4.31 Å². The maximum atomic E-state index is 13.5. The normalized spacial score (nSPS) is 20.2. The Kier molecular flexibility index (Phi) is 6.43. The highest BCUT2D eigenvalue weighted by atomic mass is 35.5. The first-order valence-corrected chi connectivity index (χ1v) is 11.3. The van der Waals surface area contributed by atoms with Gasteiger partial charge < -0.3 is 5.73 Å². The van der Waals surface area contributed by atoms with Crippen LogP contribution in [0.2, 0.25) is 5.02 Å². The smallest absolute Gasteiger partial charge is 0.248 e. The molecule has 1 fully saturated rings. The van der Waals surface area contributed by atoms with Crippen molar-refractivity contribution in [1.82, 2.24) is 4.31 Å². The third kappa shape index (κ3) is 4.57. The van der Waals surface area contributed by atoms with Crippen molar-refractivity contribution in [1.29, 1.82) is 0 Å². The topological polar surface area (TPSA) is 80.5 Å². The van der Waals surface area contributed by atoms with Crippen LogP contribution in [0, 0.1) is 5.92 Å². The zero-order valence-electron chi connectivity index (χ0n) is 15.8. The lowest BCUT2D eigenvalue weighted by atomic mass is 9.86. The minimum atomic E-state index is -3.69. The van der Waals surface area contributed by atoms with Crippen LogP contribution in [0.25, 0.3) is 0 Å². The molecular formula is C21H25ClN2O3S. The van der Waals surface area contributed by atoms with Crippen molar-refractivity contribution in [3.8, 4) is 0 Å². The Morgan fingerprint density at radius 3 is 2.25 bits per heavy atom. The van der Waals surface area contributed by atoms with Gasteiger partial charge in [0.05, 0.1) is 4.90 Å². The number of rotatable bonds is 6. The van der Waals surface area contributed by atoms with Crippen LogP contribution in [0.1, 0.15) is 48.5 Å². The Hall–Kier alpha value is -1.89. The van der Waals surface area contributed by atoms with E-state index in [1.54, 1.807) is 52.8 Å². The van der Waals surface area contributed by atoms with Crippen molar-refractivity contribution in [3.63, 3.8) is 0 Å². The predicted octanol–water partition coefficient (Wildman–Crippen LogP) is 4.21. The molecular weight excluding hydrogens is 396 g/mol. The Morgan fingerprint density at radius 2 is 1.68 bits per heavy atom. The molecule has 28 heavy (non-hydrogen) atoms. The molecule has 0 spiro atoms. The predicted molar refractivity (Wildman–Crippen MR) is 111 cm³/mol. The van der Waals surface area contributed by atoms with E-state index in [4.69, 9.17) is 17.3 Å². The van der Waals surface area contributed by atoms with E-state index in [0.717, 1.165) is 31.2 Å². The summed E-state index contributed by atoms with van der Waals surface area (Å²) in [7, 11) is -3.69. The van der Waals surface area contributed by atoms with Crippen LogP contribution in [0.15, 0.2) is 53.4 Å². The summed E-state index contributed by atoms with van der Waals surface area (Å²) in [6.45, 7) is 2.36. The minimum absolute atomic E-state index is 0.0646. The average molecular weight is 421 g/mol. The maximum Gasteiger partial charge on any atom is 0.248 e. The number of amides is 1. The van der Waals surface area contributed by atoms with Gasteiger partial charge in [0.2, 0.25) is 15.9 Å². The van der Waals surface area contributed by atoms with E-state index in [0.29, 0.717) is 10.6 Å². The number of carbonyl (C=O) groups excluding carboxylic acids is 1. The SMILES string of the molecule is CC1CCCCC1N(Cc1ccc(C(N)=O)cc1)S(=O)(=O)c1ccc(Cl)cc1. The molecule has 0 radical (unpaired) electrons. The third-order valence-corrected chi connectivity index (χ3v) is 7.57. The van der Waals surface area contributed by atoms with Gasteiger partial charge >= 0.3 is 0 Å². The van der Waals surface area contributed by atoms with Gasteiger partial charge in [-0.25, -0.2) is 8.42 Å². The Labute approximate surface area is 171 Å². The summed E-state index contributed by atoms with van der Waals surface area (Å²) in [5.41, 5.74) is 6.53. The summed E-state index contributed by atoms with van der Waals surface area (Å²) in [5, 5.41) is 0.499. The molecule has 5 nitrogen and oxygen atoms in total. The van der Waals surface area contributed by atoms with E-state index in [1.807, 2.05) is 0 Å². The van der Waals surface area contributed by atoms with Crippen molar-refractivity contribution in [2.24, 2.45) is 11.7 Å². The molecule has 1 aliphatic carbocycles. The number of halogens is 1. The first kappa shape index (κ1) is 20.8. The van der Waals surface area contributed by atoms with Crippen LogP contribution in [-0.2, 0) is 16.6 Å². The number of primary amides is 1. The quantitative estimate of drug-likeness (QED) is 0.760. The molecule has 0 bridgehead atoms. The lowest BCUT2D eigenvalue weighted by Gasteiger charge is -2.37. The Balaban J connectivity index is 1.97. The molecule has 1 amide bonds. The van der Waals surface area contributed by atoms with Crippen molar-refractivity contribution in [3.05, 3.63) is 64.7 Å². The van der Waals surface area contributed by atoms with Crippen LogP contribution in [-0.4, -0.2) is 24.7 Å². The molecule has 2 aromatic rings. The van der Waals surface area contributed by atoms with Crippen LogP contribution in [0.5, 0.6) is 0 Å². The molecule has 0 heterocycles. The van der Waals surface area contributed by atoms with Gasteiger partial charge in [0.25, 0.3) is 0 Å². The van der Waals surface area contributed by atoms with Gasteiger partial charge in [0.15, 0.2) is 0 Å². The fourth-order valence-electron chi connectivity index (χ4n) is 3.80. The summed E-state index contributed by atoms with van der Waals surface area (Å²) in [6, 6.07) is 13.0. The molecule has 1 saturated carbocycles. The molecule has 3 rings (SSSR count). The highest BCUT2D eigenvalue weighted by Crippen LogP contribution is 2.33. The summed E-state index contributed by atoms with van der Waals surface area (Å²) in [6.07, 6.45) is 3.99. The second-order valence-electron chi connectivity index (χ2n) is 7.39. The highest BCUT2D eigenvalue weighted by Gasteiger charge is 2.35. The monoisotopic (exact) mass is 420 g/mol. The number of nitrogens with zero attached hydrogens (tertiary/aromatic N) is 1. The van der Waals surface area contributed by atoms with Crippen LogP contribution in [0.3, 0.4) is 0 Å². The first-order chi connectivity index (χ1) is 13.3. The molecule has 2 atom stereocenters. The van der Waals surface area contributed by atoms with Crippen LogP contribution >= 0.6 is 11.6 Å². The summed E-state index contributed by atoms with van der Waals surface area (Å²) >= 11 is 5.94. The van der Waals surface area contributed by atoms with Crippen molar-refractivity contribution in [2.75, 3.05) is 0 Å². The highest BCUT2D eigenvalue weighted by molar-refractivity contribution is 7.89. The number of hydrogen-bond acceptors (Lipinski definition) is 3. The number of nitrogens with two attached hydrogens (primary N) is 1.